The maximum absolute atomic E-state index is 5.51. The van der Waals surface area contributed by atoms with Gasteiger partial charge < -0.3 is 19.7 Å². The van der Waals surface area contributed by atoms with Crippen LogP contribution in [0.2, 0.25) is 0 Å². The van der Waals surface area contributed by atoms with Gasteiger partial charge in [-0.3, -0.25) is 4.99 Å². The molecule has 152 valence electrons. The lowest BCUT2D eigenvalue weighted by Crippen LogP contribution is -2.46. The van der Waals surface area contributed by atoms with Crippen molar-refractivity contribution in [2.45, 2.75) is 37.5 Å². The topological polar surface area (TPSA) is 46.1 Å². The van der Waals surface area contributed by atoms with E-state index in [0.29, 0.717) is 5.92 Å². The standard InChI is InChI=1S/C21H33N3O2.HI/c1-22-20(24(2)14-17-9-12-26-15-17)23-16-21(10-4-5-11-21)18-7-6-8-19(13-18)25-3;/h6-8,13,17H,4-5,9-12,14-16H2,1-3H3,(H,22,23);1H. The van der Waals surface area contributed by atoms with E-state index in [1.165, 1.54) is 31.2 Å². The molecule has 2 aliphatic rings. The molecule has 1 saturated carbocycles. The van der Waals surface area contributed by atoms with Gasteiger partial charge in [-0.25, -0.2) is 0 Å². The zero-order chi connectivity index (χ0) is 18.4. The fourth-order valence-corrected chi connectivity index (χ4v) is 4.41. The maximum atomic E-state index is 5.51. The summed E-state index contributed by atoms with van der Waals surface area (Å²) < 4.78 is 11.0. The van der Waals surface area contributed by atoms with Gasteiger partial charge in [-0.15, -0.1) is 24.0 Å². The van der Waals surface area contributed by atoms with E-state index in [2.05, 4.69) is 40.5 Å². The Bertz CT molecular complexity index is 611. The Morgan fingerprint density at radius 1 is 1.37 bits per heavy atom. The predicted molar refractivity (Wildman–Crippen MR) is 121 cm³/mol. The van der Waals surface area contributed by atoms with Crippen molar-refractivity contribution in [3.8, 4) is 5.75 Å². The second kappa shape index (κ2) is 10.5. The summed E-state index contributed by atoms with van der Waals surface area (Å²) in [5, 5.41) is 3.66. The number of ether oxygens (including phenoxy) is 2. The SMILES string of the molecule is CN=C(NCC1(c2cccc(OC)c2)CCCC1)N(C)CC1CCOC1.I. The highest BCUT2D eigenvalue weighted by Gasteiger charge is 2.36. The second-order valence-corrected chi connectivity index (χ2v) is 7.73. The van der Waals surface area contributed by atoms with Crippen molar-refractivity contribution < 1.29 is 9.47 Å². The predicted octanol–water partition coefficient (Wildman–Crippen LogP) is 3.67. The largest absolute Gasteiger partial charge is 0.497 e. The molecule has 1 atom stereocenters. The monoisotopic (exact) mass is 487 g/mol. The minimum atomic E-state index is 0. The van der Waals surface area contributed by atoms with E-state index in [1.807, 2.05) is 13.1 Å². The summed E-state index contributed by atoms with van der Waals surface area (Å²) in [6.07, 6.45) is 6.14. The zero-order valence-electron chi connectivity index (χ0n) is 16.9. The second-order valence-electron chi connectivity index (χ2n) is 7.73. The number of methoxy groups -OCH3 is 1. The van der Waals surface area contributed by atoms with Crippen molar-refractivity contribution in [1.29, 1.82) is 0 Å². The van der Waals surface area contributed by atoms with Gasteiger partial charge >= 0.3 is 0 Å². The van der Waals surface area contributed by atoms with Gasteiger partial charge in [-0.1, -0.05) is 25.0 Å². The number of hydrogen-bond donors (Lipinski definition) is 1. The zero-order valence-corrected chi connectivity index (χ0v) is 19.2. The Morgan fingerprint density at radius 3 is 2.78 bits per heavy atom. The summed E-state index contributed by atoms with van der Waals surface area (Å²) in [6.45, 7) is 3.67. The first-order valence-electron chi connectivity index (χ1n) is 9.81. The molecule has 1 saturated heterocycles. The molecular formula is C21H34IN3O2. The van der Waals surface area contributed by atoms with Crippen LogP contribution in [0.15, 0.2) is 29.3 Å². The van der Waals surface area contributed by atoms with E-state index >= 15 is 0 Å². The normalized spacial score (nSPS) is 21.6. The lowest BCUT2D eigenvalue weighted by molar-refractivity contribution is 0.181. The van der Waals surface area contributed by atoms with Crippen LogP contribution in [-0.2, 0) is 10.2 Å². The highest BCUT2D eigenvalue weighted by atomic mass is 127. The lowest BCUT2D eigenvalue weighted by atomic mass is 9.78. The van der Waals surface area contributed by atoms with Crippen LogP contribution in [0.4, 0.5) is 0 Å². The third-order valence-corrected chi connectivity index (χ3v) is 5.96. The van der Waals surface area contributed by atoms with E-state index in [1.54, 1.807) is 7.11 Å². The number of hydrogen-bond acceptors (Lipinski definition) is 3. The molecule has 5 nitrogen and oxygen atoms in total. The molecule has 1 N–H and O–H groups in total. The van der Waals surface area contributed by atoms with E-state index in [4.69, 9.17) is 9.47 Å². The van der Waals surface area contributed by atoms with Crippen LogP contribution in [0.3, 0.4) is 0 Å². The Balaban J connectivity index is 0.00000261. The average molecular weight is 487 g/mol. The molecule has 0 radical (unpaired) electrons. The van der Waals surface area contributed by atoms with Gasteiger partial charge in [-0.05, 0) is 37.0 Å². The van der Waals surface area contributed by atoms with Gasteiger partial charge in [0.15, 0.2) is 5.96 Å². The number of benzene rings is 1. The number of rotatable bonds is 6. The van der Waals surface area contributed by atoms with Crippen LogP contribution >= 0.6 is 24.0 Å². The summed E-state index contributed by atoms with van der Waals surface area (Å²) in [5.41, 5.74) is 1.55. The molecule has 1 aromatic carbocycles. The summed E-state index contributed by atoms with van der Waals surface area (Å²) in [7, 11) is 5.74. The van der Waals surface area contributed by atoms with Crippen LogP contribution in [0.5, 0.6) is 5.75 Å². The fourth-order valence-electron chi connectivity index (χ4n) is 4.41. The molecule has 1 aromatic rings. The number of guanidine groups is 1. The van der Waals surface area contributed by atoms with Crippen molar-refractivity contribution in [2.24, 2.45) is 10.9 Å². The van der Waals surface area contributed by atoms with Crippen molar-refractivity contribution in [3.05, 3.63) is 29.8 Å². The van der Waals surface area contributed by atoms with Crippen molar-refractivity contribution in [2.75, 3.05) is 47.5 Å². The van der Waals surface area contributed by atoms with Gasteiger partial charge in [0.1, 0.15) is 5.75 Å². The molecule has 0 aromatic heterocycles. The fraction of sp³-hybridized carbons (Fsp3) is 0.667. The minimum Gasteiger partial charge on any atom is -0.497 e. The van der Waals surface area contributed by atoms with Crippen LogP contribution in [-0.4, -0.2) is 58.4 Å². The smallest absolute Gasteiger partial charge is 0.193 e. The number of halogens is 1. The van der Waals surface area contributed by atoms with Gasteiger partial charge in [0, 0.05) is 45.1 Å². The molecule has 1 aliphatic heterocycles. The number of nitrogens with zero attached hydrogens (tertiary/aromatic N) is 2. The minimum absolute atomic E-state index is 0. The van der Waals surface area contributed by atoms with E-state index in [-0.39, 0.29) is 29.4 Å². The van der Waals surface area contributed by atoms with Crippen molar-refractivity contribution >= 4 is 29.9 Å². The molecule has 0 amide bonds. The highest BCUT2D eigenvalue weighted by molar-refractivity contribution is 14.0. The van der Waals surface area contributed by atoms with Crippen LogP contribution in [0.25, 0.3) is 0 Å². The van der Waals surface area contributed by atoms with E-state index < -0.39 is 0 Å². The van der Waals surface area contributed by atoms with Crippen molar-refractivity contribution in [1.82, 2.24) is 10.2 Å². The third-order valence-electron chi connectivity index (χ3n) is 5.96. The molecular weight excluding hydrogens is 453 g/mol. The van der Waals surface area contributed by atoms with Crippen LogP contribution in [0, 0.1) is 5.92 Å². The van der Waals surface area contributed by atoms with E-state index in [9.17, 15) is 0 Å². The quantitative estimate of drug-likeness (QED) is 0.378. The molecule has 0 bridgehead atoms. The van der Waals surface area contributed by atoms with Gasteiger partial charge in [0.05, 0.1) is 13.7 Å². The Hall–Kier alpha value is -1.02. The molecule has 1 unspecified atom stereocenters. The lowest BCUT2D eigenvalue weighted by Gasteiger charge is -2.33. The van der Waals surface area contributed by atoms with Crippen LogP contribution in [0.1, 0.15) is 37.7 Å². The molecule has 2 fully saturated rings. The maximum Gasteiger partial charge on any atom is 0.193 e. The average Bonchev–Trinajstić information content (AvgIpc) is 3.35. The molecule has 1 aliphatic carbocycles. The molecule has 0 spiro atoms. The Labute approximate surface area is 180 Å². The summed E-state index contributed by atoms with van der Waals surface area (Å²) in [6, 6.07) is 8.58. The summed E-state index contributed by atoms with van der Waals surface area (Å²) >= 11 is 0. The number of nitrogens with one attached hydrogen (secondary N) is 1. The third kappa shape index (κ3) is 5.50. The van der Waals surface area contributed by atoms with E-state index in [0.717, 1.165) is 44.4 Å². The summed E-state index contributed by atoms with van der Waals surface area (Å²) in [5.74, 6) is 2.53. The Morgan fingerprint density at radius 2 is 2.15 bits per heavy atom. The first kappa shape index (κ1) is 22.3. The molecule has 6 heteroatoms. The first-order chi connectivity index (χ1) is 12.7. The van der Waals surface area contributed by atoms with Crippen molar-refractivity contribution in [3.63, 3.8) is 0 Å². The van der Waals surface area contributed by atoms with Gasteiger partial charge in [0.2, 0.25) is 0 Å². The Kier molecular flexibility index (Phi) is 8.66. The van der Waals surface area contributed by atoms with Crippen LogP contribution < -0.4 is 10.1 Å². The first-order valence-corrected chi connectivity index (χ1v) is 9.81. The van der Waals surface area contributed by atoms with Gasteiger partial charge in [0.25, 0.3) is 0 Å². The summed E-state index contributed by atoms with van der Waals surface area (Å²) in [4.78, 5) is 6.76. The molecule has 1 heterocycles. The number of aliphatic imine (C=N–C) groups is 1. The van der Waals surface area contributed by atoms with Gasteiger partial charge in [-0.2, -0.15) is 0 Å². The molecule has 3 rings (SSSR count). The molecule has 27 heavy (non-hydrogen) atoms. The highest BCUT2D eigenvalue weighted by Crippen LogP contribution is 2.41.